The molecule has 0 radical (unpaired) electrons. The Morgan fingerprint density at radius 3 is 2.50 bits per heavy atom. The van der Waals surface area contributed by atoms with E-state index in [1.165, 1.54) is 5.56 Å². The van der Waals surface area contributed by atoms with E-state index in [1.807, 2.05) is 6.07 Å². The molecule has 0 saturated carbocycles. The van der Waals surface area contributed by atoms with Crippen LogP contribution in [0.5, 0.6) is 0 Å². The molecule has 90 valence electrons. The van der Waals surface area contributed by atoms with E-state index >= 15 is 0 Å². The third-order valence-electron chi connectivity index (χ3n) is 2.34. The Hall–Kier alpha value is -0.190. The molecule has 1 rings (SSSR count). The Morgan fingerprint density at radius 2 is 1.94 bits per heavy atom. The summed E-state index contributed by atoms with van der Waals surface area (Å²) in [4.78, 5) is 2.32. The summed E-state index contributed by atoms with van der Waals surface area (Å²) < 4.78 is 11.1. The van der Waals surface area contributed by atoms with Crippen LogP contribution in [0.1, 0.15) is 5.56 Å². The van der Waals surface area contributed by atoms with Crippen molar-refractivity contribution >= 4 is 26.7 Å². The second kappa shape index (κ2) is 7.98. The molecule has 2 nitrogen and oxygen atoms in total. The van der Waals surface area contributed by atoms with Gasteiger partial charge in [-0.2, -0.15) is 0 Å². The molecular weight excluding hydrogens is 286 g/mol. The molecular formula is C12H18BrNOS. The molecule has 0 N–H and O–H groups in total. The number of hydrogen-bond donors (Lipinski definition) is 0. The summed E-state index contributed by atoms with van der Waals surface area (Å²) >= 11 is 3.45. The van der Waals surface area contributed by atoms with Gasteiger partial charge in [0.15, 0.2) is 0 Å². The largest absolute Gasteiger partial charge is 0.297 e. The average molecular weight is 304 g/mol. The van der Waals surface area contributed by atoms with E-state index in [0.717, 1.165) is 30.7 Å². The van der Waals surface area contributed by atoms with Gasteiger partial charge in [-0.1, -0.05) is 46.3 Å². The van der Waals surface area contributed by atoms with Crippen molar-refractivity contribution in [2.45, 2.75) is 6.54 Å². The number of benzene rings is 1. The lowest BCUT2D eigenvalue weighted by molar-refractivity contribution is 0.301. The SMILES string of the molecule is CS(=O)CCN(CCBr)Cc1ccccc1. The summed E-state index contributed by atoms with van der Waals surface area (Å²) in [5.74, 6) is 0.750. The van der Waals surface area contributed by atoms with Gasteiger partial charge in [0, 0.05) is 47.8 Å². The Bertz CT molecular complexity index is 318. The van der Waals surface area contributed by atoms with Gasteiger partial charge in [0.2, 0.25) is 0 Å². The summed E-state index contributed by atoms with van der Waals surface area (Å²) in [5.41, 5.74) is 1.31. The third-order valence-corrected chi connectivity index (χ3v) is 3.46. The highest BCUT2D eigenvalue weighted by Crippen LogP contribution is 2.04. The van der Waals surface area contributed by atoms with Crippen molar-refractivity contribution in [3.05, 3.63) is 35.9 Å². The number of rotatable bonds is 7. The number of halogens is 1. The zero-order chi connectivity index (χ0) is 11.8. The van der Waals surface area contributed by atoms with E-state index in [0.29, 0.717) is 0 Å². The maximum absolute atomic E-state index is 11.1. The van der Waals surface area contributed by atoms with Crippen LogP contribution in [0.25, 0.3) is 0 Å². The quantitative estimate of drug-likeness (QED) is 0.720. The molecule has 0 aliphatic carbocycles. The molecule has 1 unspecified atom stereocenters. The first kappa shape index (κ1) is 13.9. The monoisotopic (exact) mass is 303 g/mol. The minimum atomic E-state index is -0.705. The van der Waals surface area contributed by atoms with Gasteiger partial charge in [-0.15, -0.1) is 0 Å². The molecule has 0 heterocycles. The van der Waals surface area contributed by atoms with Crippen molar-refractivity contribution < 1.29 is 4.21 Å². The van der Waals surface area contributed by atoms with E-state index in [1.54, 1.807) is 6.26 Å². The smallest absolute Gasteiger partial charge is 0.0359 e. The average Bonchev–Trinajstić information content (AvgIpc) is 2.27. The maximum atomic E-state index is 11.1. The highest BCUT2D eigenvalue weighted by molar-refractivity contribution is 9.09. The fraction of sp³-hybridized carbons (Fsp3) is 0.500. The normalized spacial score (nSPS) is 12.9. The van der Waals surface area contributed by atoms with Crippen LogP contribution in [-0.4, -0.2) is 39.5 Å². The summed E-state index contributed by atoms with van der Waals surface area (Å²) in [7, 11) is -0.705. The second-order valence-corrected chi connectivity index (χ2v) is 6.08. The van der Waals surface area contributed by atoms with Crippen LogP contribution in [0.15, 0.2) is 30.3 Å². The number of hydrogen-bond acceptors (Lipinski definition) is 2. The van der Waals surface area contributed by atoms with Crippen LogP contribution in [-0.2, 0) is 17.3 Å². The van der Waals surface area contributed by atoms with Gasteiger partial charge in [-0.25, -0.2) is 0 Å². The van der Waals surface area contributed by atoms with E-state index < -0.39 is 10.8 Å². The topological polar surface area (TPSA) is 20.3 Å². The molecule has 0 aliphatic heterocycles. The van der Waals surface area contributed by atoms with E-state index in [4.69, 9.17) is 0 Å². The first-order valence-electron chi connectivity index (χ1n) is 5.34. The molecule has 1 aromatic rings. The molecule has 1 aromatic carbocycles. The summed E-state index contributed by atoms with van der Waals surface area (Å²) in [6.45, 7) is 2.82. The molecule has 4 heteroatoms. The zero-order valence-electron chi connectivity index (χ0n) is 9.56. The minimum Gasteiger partial charge on any atom is -0.297 e. The van der Waals surface area contributed by atoms with E-state index in [-0.39, 0.29) is 0 Å². The predicted molar refractivity (Wildman–Crippen MR) is 74.4 cm³/mol. The first-order valence-corrected chi connectivity index (χ1v) is 8.19. The molecule has 0 fully saturated rings. The van der Waals surface area contributed by atoms with E-state index in [9.17, 15) is 4.21 Å². The Kier molecular flexibility index (Phi) is 6.92. The highest BCUT2D eigenvalue weighted by Gasteiger charge is 2.05. The molecule has 16 heavy (non-hydrogen) atoms. The standard InChI is InChI=1S/C12H18BrNOS/c1-16(15)10-9-14(8-7-13)11-12-5-3-2-4-6-12/h2-6H,7-11H2,1H3. The molecule has 0 bridgehead atoms. The lowest BCUT2D eigenvalue weighted by Crippen LogP contribution is -2.29. The van der Waals surface area contributed by atoms with Crippen molar-refractivity contribution in [1.82, 2.24) is 4.90 Å². The zero-order valence-corrected chi connectivity index (χ0v) is 12.0. The fourth-order valence-electron chi connectivity index (χ4n) is 1.49. The van der Waals surface area contributed by atoms with Gasteiger partial charge in [-0.05, 0) is 5.56 Å². The van der Waals surface area contributed by atoms with Gasteiger partial charge >= 0.3 is 0 Å². The van der Waals surface area contributed by atoms with Gasteiger partial charge in [-0.3, -0.25) is 9.11 Å². The van der Waals surface area contributed by atoms with Crippen LogP contribution in [0.3, 0.4) is 0 Å². The van der Waals surface area contributed by atoms with Crippen LogP contribution < -0.4 is 0 Å². The maximum Gasteiger partial charge on any atom is 0.0359 e. The van der Waals surface area contributed by atoms with Gasteiger partial charge in [0.05, 0.1) is 0 Å². The van der Waals surface area contributed by atoms with Crippen molar-refractivity contribution in [2.75, 3.05) is 30.4 Å². The molecule has 0 amide bonds. The lowest BCUT2D eigenvalue weighted by atomic mass is 10.2. The van der Waals surface area contributed by atoms with Gasteiger partial charge in [0.1, 0.15) is 0 Å². The number of nitrogens with zero attached hydrogens (tertiary/aromatic N) is 1. The van der Waals surface area contributed by atoms with Crippen LogP contribution >= 0.6 is 15.9 Å². The first-order chi connectivity index (χ1) is 7.72. The summed E-state index contributed by atoms with van der Waals surface area (Å²) in [6.07, 6.45) is 1.76. The van der Waals surface area contributed by atoms with Crippen LogP contribution in [0, 0.1) is 0 Å². The molecule has 0 aliphatic rings. The van der Waals surface area contributed by atoms with Gasteiger partial charge in [0.25, 0.3) is 0 Å². The predicted octanol–water partition coefficient (Wildman–Crippen LogP) is 2.26. The Labute approximate surface area is 109 Å². The summed E-state index contributed by atoms with van der Waals surface area (Å²) in [5, 5.41) is 0.955. The van der Waals surface area contributed by atoms with Crippen molar-refractivity contribution in [2.24, 2.45) is 0 Å². The molecule has 1 atom stereocenters. The second-order valence-electron chi connectivity index (χ2n) is 3.73. The van der Waals surface area contributed by atoms with Crippen molar-refractivity contribution in [1.29, 1.82) is 0 Å². The Morgan fingerprint density at radius 1 is 1.25 bits per heavy atom. The molecule has 0 aromatic heterocycles. The Balaban J connectivity index is 2.47. The molecule has 0 saturated heterocycles. The number of alkyl halides is 1. The van der Waals surface area contributed by atoms with Crippen LogP contribution in [0.4, 0.5) is 0 Å². The van der Waals surface area contributed by atoms with Crippen LogP contribution in [0.2, 0.25) is 0 Å². The molecule has 0 spiro atoms. The van der Waals surface area contributed by atoms with Crippen molar-refractivity contribution in [3.8, 4) is 0 Å². The van der Waals surface area contributed by atoms with E-state index in [2.05, 4.69) is 45.1 Å². The minimum absolute atomic E-state index is 0.705. The lowest BCUT2D eigenvalue weighted by Gasteiger charge is -2.20. The van der Waals surface area contributed by atoms with Crippen molar-refractivity contribution in [3.63, 3.8) is 0 Å². The fourth-order valence-corrected chi connectivity index (χ4v) is 2.51. The summed E-state index contributed by atoms with van der Waals surface area (Å²) in [6, 6.07) is 10.4. The van der Waals surface area contributed by atoms with Gasteiger partial charge < -0.3 is 0 Å². The third kappa shape index (κ3) is 5.77. The highest BCUT2D eigenvalue weighted by atomic mass is 79.9.